The van der Waals surface area contributed by atoms with E-state index < -0.39 is 11.6 Å². The lowest BCUT2D eigenvalue weighted by molar-refractivity contribution is 0.500. The zero-order chi connectivity index (χ0) is 13.0. The molecule has 1 aromatic carbocycles. The molecular weight excluding hydrogens is 236 g/mol. The van der Waals surface area contributed by atoms with Crippen LogP contribution in [0.3, 0.4) is 0 Å². The molecule has 0 aliphatic heterocycles. The molecule has 1 atom stereocenters. The van der Waals surface area contributed by atoms with E-state index in [4.69, 9.17) is 0 Å². The van der Waals surface area contributed by atoms with E-state index >= 15 is 0 Å². The van der Waals surface area contributed by atoms with Crippen molar-refractivity contribution in [3.63, 3.8) is 0 Å². The van der Waals surface area contributed by atoms with Crippen LogP contribution in [0.1, 0.15) is 24.2 Å². The lowest BCUT2D eigenvalue weighted by Crippen LogP contribution is -2.19. The second kappa shape index (κ2) is 5.64. The normalized spacial score (nSPS) is 12.4. The van der Waals surface area contributed by atoms with Crippen LogP contribution in [0.5, 0.6) is 0 Å². The minimum Gasteiger partial charge on any atom is -0.304 e. The van der Waals surface area contributed by atoms with Gasteiger partial charge in [-0.25, -0.2) is 8.78 Å². The summed E-state index contributed by atoms with van der Waals surface area (Å²) in [5.41, 5.74) is 1.49. The maximum absolute atomic E-state index is 13.1. The van der Waals surface area contributed by atoms with Crippen molar-refractivity contribution in [1.82, 2.24) is 15.5 Å². The van der Waals surface area contributed by atoms with Gasteiger partial charge < -0.3 is 5.32 Å². The quantitative estimate of drug-likeness (QED) is 0.905. The molecule has 3 nitrogen and oxygen atoms in total. The maximum Gasteiger partial charge on any atom is 0.159 e. The molecule has 1 unspecified atom stereocenters. The van der Waals surface area contributed by atoms with E-state index in [1.807, 2.05) is 13.0 Å². The topological polar surface area (TPSA) is 37.8 Å². The highest BCUT2D eigenvalue weighted by atomic mass is 19.2. The Morgan fingerprint density at radius 3 is 2.72 bits per heavy atom. The Morgan fingerprint density at radius 1 is 1.22 bits per heavy atom. The molecule has 94 valence electrons. The highest BCUT2D eigenvalue weighted by molar-refractivity contribution is 5.20. The zero-order valence-electron chi connectivity index (χ0n) is 9.90. The Labute approximate surface area is 104 Å². The van der Waals surface area contributed by atoms with Crippen molar-refractivity contribution in [2.24, 2.45) is 0 Å². The van der Waals surface area contributed by atoms with Crippen LogP contribution in [0.2, 0.25) is 0 Å². The molecule has 2 aromatic rings. The first kappa shape index (κ1) is 12.6. The number of nitrogens with zero attached hydrogens (tertiary/aromatic N) is 2. The Hall–Kier alpha value is -1.88. The first-order valence-electron chi connectivity index (χ1n) is 5.61. The summed E-state index contributed by atoms with van der Waals surface area (Å²) in [5, 5.41) is 10.9. The number of halogens is 2. The van der Waals surface area contributed by atoms with E-state index in [2.05, 4.69) is 15.5 Å². The lowest BCUT2D eigenvalue weighted by atomic mass is 10.1. The summed E-state index contributed by atoms with van der Waals surface area (Å²) in [4.78, 5) is 0. The van der Waals surface area contributed by atoms with Crippen LogP contribution in [-0.4, -0.2) is 10.2 Å². The zero-order valence-corrected chi connectivity index (χ0v) is 9.90. The standard InChI is InChI=1S/C13H13F2N3/c1-9(10-4-5-12(14)13(15)7-10)16-8-11-3-2-6-17-18-11/h2-7,9,16H,8H2,1H3. The van der Waals surface area contributed by atoms with E-state index in [0.29, 0.717) is 12.1 Å². The summed E-state index contributed by atoms with van der Waals surface area (Å²) in [7, 11) is 0. The van der Waals surface area contributed by atoms with Gasteiger partial charge >= 0.3 is 0 Å². The van der Waals surface area contributed by atoms with Crippen molar-refractivity contribution in [1.29, 1.82) is 0 Å². The van der Waals surface area contributed by atoms with Gasteiger partial charge in [0, 0.05) is 18.8 Å². The van der Waals surface area contributed by atoms with Crippen molar-refractivity contribution in [3.8, 4) is 0 Å². The summed E-state index contributed by atoms with van der Waals surface area (Å²) < 4.78 is 25.9. The van der Waals surface area contributed by atoms with Crippen molar-refractivity contribution in [3.05, 3.63) is 59.4 Å². The van der Waals surface area contributed by atoms with E-state index in [1.54, 1.807) is 18.3 Å². The maximum atomic E-state index is 13.1. The monoisotopic (exact) mass is 249 g/mol. The molecule has 0 aliphatic rings. The molecule has 18 heavy (non-hydrogen) atoms. The first-order chi connectivity index (χ1) is 8.66. The number of aromatic nitrogens is 2. The van der Waals surface area contributed by atoms with Gasteiger partial charge in [-0.2, -0.15) is 10.2 Å². The average molecular weight is 249 g/mol. The fraction of sp³-hybridized carbons (Fsp3) is 0.231. The fourth-order valence-electron chi connectivity index (χ4n) is 1.58. The molecular formula is C13H13F2N3. The predicted octanol–water partition coefficient (Wildman–Crippen LogP) is 2.61. The van der Waals surface area contributed by atoms with Crippen LogP contribution >= 0.6 is 0 Å². The van der Waals surface area contributed by atoms with Crippen LogP contribution in [0.15, 0.2) is 36.5 Å². The Balaban J connectivity index is 1.99. The van der Waals surface area contributed by atoms with Crippen LogP contribution in [0.4, 0.5) is 8.78 Å². The fourth-order valence-corrected chi connectivity index (χ4v) is 1.58. The van der Waals surface area contributed by atoms with Gasteiger partial charge in [0.2, 0.25) is 0 Å². The van der Waals surface area contributed by atoms with Gasteiger partial charge in [0.15, 0.2) is 11.6 Å². The number of benzene rings is 1. The van der Waals surface area contributed by atoms with Gasteiger partial charge in [0.1, 0.15) is 0 Å². The molecule has 5 heteroatoms. The highest BCUT2D eigenvalue weighted by Gasteiger charge is 2.09. The van der Waals surface area contributed by atoms with E-state index in [9.17, 15) is 8.78 Å². The molecule has 0 radical (unpaired) electrons. The van der Waals surface area contributed by atoms with Crippen molar-refractivity contribution in [2.45, 2.75) is 19.5 Å². The summed E-state index contributed by atoms with van der Waals surface area (Å²) >= 11 is 0. The number of nitrogens with one attached hydrogen (secondary N) is 1. The van der Waals surface area contributed by atoms with Gasteiger partial charge in [0.05, 0.1) is 5.69 Å². The van der Waals surface area contributed by atoms with Crippen LogP contribution < -0.4 is 5.32 Å². The van der Waals surface area contributed by atoms with Gasteiger partial charge in [-0.1, -0.05) is 6.07 Å². The first-order valence-corrected chi connectivity index (χ1v) is 5.61. The summed E-state index contributed by atoms with van der Waals surface area (Å²) in [6.07, 6.45) is 1.60. The van der Waals surface area contributed by atoms with Crippen LogP contribution in [0.25, 0.3) is 0 Å². The highest BCUT2D eigenvalue weighted by Crippen LogP contribution is 2.16. The largest absolute Gasteiger partial charge is 0.304 e. The van der Waals surface area contributed by atoms with E-state index in [-0.39, 0.29) is 6.04 Å². The van der Waals surface area contributed by atoms with Gasteiger partial charge in [-0.05, 0) is 36.8 Å². The number of hydrogen-bond donors (Lipinski definition) is 1. The minimum atomic E-state index is -0.833. The molecule has 0 bridgehead atoms. The average Bonchev–Trinajstić information content (AvgIpc) is 2.40. The molecule has 2 rings (SSSR count). The molecule has 1 aromatic heterocycles. The SMILES string of the molecule is CC(NCc1cccnn1)c1ccc(F)c(F)c1. The predicted molar refractivity (Wildman–Crippen MR) is 63.6 cm³/mol. The second-order valence-electron chi connectivity index (χ2n) is 3.99. The van der Waals surface area contributed by atoms with Crippen LogP contribution in [-0.2, 0) is 6.54 Å². The third kappa shape index (κ3) is 3.07. The van der Waals surface area contributed by atoms with E-state index in [0.717, 1.165) is 11.8 Å². The Morgan fingerprint density at radius 2 is 2.06 bits per heavy atom. The summed E-state index contributed by atoms with van der Waals surface area (Å²) in [6.45, 7) is 2.40. The molecule has 0 saturated carbocycles. The molecule has 1 heterocycles. The van der Waals surface area contributed by atoms with Crippen molar-refractivity contribution < 1.29 is 8.78 Å². The third-order valence-corrected chi connectivity index (χ3v) is 2.66. The Kier molecular flexibility index (Phi) is 3.94. The number of hydrogen-bond acceptors (Lipinski definition) is 3. The lowest BCUT2D eigenvalue weighted by Gasteiger charge is -2.13. The summed E-state index contributed by atoms with van der Waals surface area (Å²) in [6, 6.07) is 7.44. The third-order valence-electron chi connectivity index (χ3n) is 2.66. The van der Waals surface area contributed by atoms with Crippen LogP contribution in [0, 0.1) is 11.6 Å². The molecule has 0 saturated heterocycles. The minimum absolute atomic E-state index is 0.0953. The smallest absolute Gasteiger partial charge is 0.159 e. The van der Waals surface area contributed by atoms with Gasteiger partial charge in [-0.15, -0.1) is 0 Å². The molecule has 0 amide bonds. The molecule has 0 aliphatic carbocycles. The molecule has 0 fully saturated rings. The van der Waals surface area contributed by atoms with Gasteiger partial charge in [0.25, 0.3) is 0 Å². The van der Waals surface area contributed by atoms with E-state index in [1.165, 1.54) is 6.07 Å². The summed E-state index contributed by atoms with van der Waals surface area (Å²) in [5.74, 6) is -1.67. The molecule has 1 N–H and O–H groups in total. The second-order valence-corrected chi connectivity index (χ2v) is 3.99. The van der Waals surface area contributed by atoms with Gasteiger partial charge in [-0.3, -0.25) is 0 Å². The van der Waals surface area contributed by atoms with Crippen molar-refractivity contribution >= 4 is 0 Å². The van der Waals surface area contributed by atoms with Crippen molar-refractivity contribution in [2.75, 3.05) is 0 Å². The molecule has 0 spiro atoms. The number of rotatable bonds is 4. The Bertz CT molecular complexity index is 517.